The predicted octanol–water partition coefficient (Wildman–Crippen LogP) is 4.68. The fraction of sp³-hybridized carbons (Fsp3) is 0.690. The third-order valence-corrected chi connectivity index (χ3v) is 6.76. The zero-order valence-corrected chi connectivity index (χ0v) is 23.1. The van der Waals surface area contributed by atoms with Crippen molar-refractivity contribution in [2.24, 2.45) is 5.92 Å². The minimum atomic E-state index is -0.945. The molecule has 0 bridgehead atoms. The van der Waals surface area contributed by atoms with Gasteiger partial charge in [-0.05, 0) is 30.7 Å². The number of amides is 1. The van der Waals surface area contributed by atoms with Gasteiger partial charge in [-0.2, -0.15) is 0 Å². The predicted molar refractivity (Wildman–Crippen MR) is 141 cm³/mol. The van der Waals surface area contributed by atoms with Gasteiger partial charge in [0.15, 0.2) is 6.10 Å². The molecule has 1 saturated heterocycles. The van der Waals surface area contributed by atoms with E-state index in [1.807, 2.05) is 44.2 Å². The van der Waals surface area contributed by atoms with Crippen molar-refractivity contribution >= 4 is 17.8 Å². The summed E-state index contributed by atoms with van der Waals surface area (Å²) in [6.07, 6.45) is 3.91. The highest BCUT2D eigenvalue weighted by molar-refractivity contribution is 5.84. The van der Waals surface area contributed by atoms with Crippen LogP contribution in [0, 0.1) is 5.92 Å². The normalized spacial score (nSPS) is 23.8. The fourth-order valence-corrected chi connectivity index (χ4v) is 4.62. The molecule has 4 atom stereocenters. The van der Waals surface area contributed by atoms with E-state index in [-0.39, 0.29) is 31.5 Å². The standard InChI is InChI=1S/C29H45NO7/c1-6-7-8-9-13-16-23-18-26(31)37-28(21(2)3)29(33)30(4)24(17-22-14-11-10-12-15-22)25(35-20-34-5)19-27(32)36-23/h10-12,14-15,21,23-25,28H,6-9,13,16-20H2,1-5H3/t23?,24-,25?,28?/m0/s1. The molecule has 208 valence electrons. The van der Waals surface area contributed by atoms with Gasteiger partial charge in [-0.15, -0.1) is 0 Å². The minimum Gasteiger partial charge on any atom is -0.462 e. The SMILES string of the molecule is CCCCCCCC1CC(=O)OC(C(C)C)C(=O)N(C)[C@@H](Cc2ccccc2)C(OCOC)CC(=O)O1. The molecule has 0 spiro atoms. The molecule has 0 aliphatic carbocycles. The van der Waals surface area contributed by atoms with Gasteiger partial charge >= 0.3 is 11.9 Å². The van der Waals surface area contributed by atoms with Gasteiger partial charge in [-0.3, -0.25) is 14.4 Å². The van der Waals surface area contributed by atoms with Gasteiger partial charge < -0.3 is 23.8 Å². The molecule has 1 heterocycles. The lowest BCUT2D eigenvalue weighted by Gasteiger charge is -2.37. The second-order valence-electron chi connectivity index (χ2n) is 10.2. The van der Waals surface area contributed by atoms with Crippen LogP contribution < -0.4 is 0 Å². The molecule has 1 aliphatic rings. The van der Waals surface area contributed by atoms with Gasteiger partial charge in [0.25, 0.3) is 5.91 Å². The molecule has 3 unspecified atom stereocenters. The summed E-state index contributed by atoms with van der Waals surface area (Å²) in [6, 6.07) is 9.20. The van der Waals surface area contributed by atoms with Crippen molar-refractivity contribution in [1.29, 1.82) is 0 Å². The fourth-order valence-electron chi connectivity index (χ4n) is 4.62. The quantitative estimate of drug-likeness (QED) is 0.225. The third kappa shape index (κ3) is 10.4. The third-order valence-electron chi connectivity index (χ3n) is 6.76. The number of rotatable bonds is 12. The number of benzene rings is 1. The molecule has 0 saturated carbocycles. The topological polar surface area (TPSA) is 91.4 Å². The maximum Gasteiger partial charge on any atom is 0.310 e. The van der Waals surface area contributed by atoms with Crippen LogP contribution in [-0.2, 0) is 39.8 Å². The van der Waals surface area contributed by atoms with Crippen LogP contribution in [0.1, 0.15) is 77.7 Å². The molecule has 0 N–H and O–H groups in total. The first-order chi connectivity index (χ1) is 17.8. The molecule has 1 aromatic rings. The van der Waals surface area contributed by atoms with E-state index in [2.05, 4.69) is 6.92 Å². The smallest absolute Gasteiger partial charge is 0.310 e. The van der Waals surface area contributed by atoms with E-state index in [0.717, 1.165) is 37.7 Å². The van der Waals surface area contributed by atoms with Crippen LogP contribution in [0.25, 0.3) is 0 Å². The number of nitrogens with zero attached hydrogens (tertiary/aromatic N) is 1. The van der Waals surface area contributed by atoms with E-state index in [9.17, 15) is 14.4 Å². The number of cyclic esters (lactones) is 2. The Morgan fingerprint density at radius 3 is 2.30 bits per heavy atom. The van der Waals surface area contributed by atoms with Gasteiger partial charge in [-0.1, -0.05) is 76.8 Å². The molecule has 8 heteroatoms. The molecule has 1 aliphatic heterocycles. The summed E-state index contributed by atoms with van der Waals surface area (Å²) in [4.78, 5) is 41.2. The maximum absolute atomic E-state index is 13.6. The average molecular weight is 520 g/mol. The Morgan fingerprint density at radius 1 is 0.973 bits per heavy atom. The number of carbonyl (C=O) groups excluding carboxylic acids is 3. The van der Waals surface area contributed by atoms with Crippen LogP contribution in [0.15, 0.2) is 30.3 Å². The zero-order valence-electron chi connectivity index (χ0n) is 23.1. The molecule has 0 radical (unpaired) electrons. The maximum atomic E-state index is 13.6. The summed E-state index contributed by atoms with van der Waals surface area (Å²) in [5.41, 5.74) is 0.988. The first-order valence-electron chi connectivity index (χ1n) is 13.6. The van der Waals surface area contributed by atoms with E-state index in [0.29, 0.717) is 12.8 Å². The van der Waals surface area contributed by atoms with Gasteiger partial charge in [-0.25, -0.2) is 0 Å². The molecule has 37 heavy (non-hydrogen) atoms. The first kappa shape index (κ1) is 30.8. The highest BCUT2D eigenvalue weighted by atomic mass is 16.7. The van der Waals surface area contributed by atoms with Gasteiger partial charge in [0.05, 0.1) is 25.0 Å². The summed E-state index contributed by atoms with van der Waals surface area (Å²) in [5.74, 6) is -1.54. The second kappa shape index (κ2) is 16.4. The van der Waals surface area contributed by atoms with Crippen LogP contribution in [0.2, 0.25) is 0 Å². The lowest BCUT2D eigenvalue weighted by atomic mass is 9.96. The van der Waals surface area contributed by atoms with Crippen LogP contribution in [-0.4, -0.2) is 68.0 Å². The van der Waals surface area contributed by atoms with Gasteiger partial charge in [0.2, 0.25) is 0 Å². The van der Waals surface area contributed by atoms with Crippen molar-refractivity contribution in [3.8, 4) is 0 Å². The van der Waals surface area contributed by atoms with Crippen LogP contribution in [0.4, 0.5) is 0 Å². The Balaban J connectivity index is 2.35. The molecular weight excluding hydrogens is 474 g/mol. The number of likely N-dealkylation sites (N-methyl/N-ethyl adjacent to an activating group) is 1. The van der Waals surface area contributed by atoms with Gasteiger partial charge in [0, 0.05) is 14.2 Å². The Kier molecular flexibility index (Phi) is 13.6. The van der Waals surface area contributed by atoms with E-state index in [4.69, 9.17) is 18.9 Å². The Hall–Kier alpha value is -2.45. The van der Waals surface area contributed by atoms with Crippen molar-refractivity contribution in [3.63, 3.8) is 0 Å². The van der Waals surface area contributed by atoms with E-state index >= 15 is 0 Å². The van der Waals surface area contributed by atoms with Crippen molar-refractivity contribution < 1.29 is 33.3 Å². The molecule has 1 amide bonds. The highest BCUT2D eigenvalue weighted by Gasteiger charge is 2.38. The Bertz CT molecular complexity index is 829. The summed E-state index contributed by atoms with van der Waals surface area (Å²) in [5, 5.41) is 0. The first-order valence-corrected chi connectivity index (χ1v) is 13.6. The molecule has 1 aromatic carbocycles. The average Bonchev–Trinajstić information content (AvgIpc) is 2.87. The van der Waals surface area contributed by atoms with Crippen LogP contribution in [0.5, 0.6) is 0 Å². The second-order valence-corrected chi connectivity index (χ2v) is 10.2. The molecule has 2 rings (SSSR count). The highest BCUT2D eigenvalue weighted by Crippen LogP contribution is 2.23. The Labute approximate surface area is 222 Å². The Morgan fingerprint density at radius 2 is 1.65 bits per heavy atom. The van der Waals surface area contributed by atoms with Gasteiger partial charge in [0.1, 0.15) is 12.9 Å². The van der Waals surface area contributed by atoms with Crippen molar-refractivity contribution in [2.75, 3.05) is 21.0 Å². The molecule has 8 nitrogen and oxygen atoms in total. The minimum absolute atomic E-state index is 0.0330. The van der Waals surface area contributed by atoms with Crippen LogP contribution in [0.3, 0.4) is 0 Å². The monoisotopic (exact) mass is 519 g/mol. The number of methoxy groups -OCH3 is 1. The summed E-state index contributed by atoms with van der Waals surface area (Å²) in [7, 11) is 3.18. The van der Waals surface area contributed by atoms with E-state index in [1.165, 1.54) is 7.11 Å². The van der Waals surface area contributed by atoms with E-state index < -0.39 is 36.3 Å². The van der Waals surface area contributed by atoms with Crippen molar-refractivity contribution in [2.45, 2.75) is 103 Å². The molecule has 0 aromatic heterocycles. The zero-order chi connectivity index (χ0) is 27.2. The van der Waals surface area contributed by atoms with Crippen molar-refractivity contribution in [3.05, 3.63) is 35.9 Å². The summed E-state index contributed by atoms with van der Waals surface area (Å²) < 4.78 is 22.6. The van der Waals surface area contributed by atoms with Crippen molar-refractivity contribution in [1.82, 2.24) is 4.90 Å². The molecular formula is C29H45NO7. The number of unbranched alkanes of at least 4 members (excludes halogenated alkanes) is 4. The largest absolute Gasteiger partial charge is 0.462 e. The lowest BCUT2D eigenvalue weighted by Crippen LogP contribution is -2.53. The molecule has 1 fully saturated rings. The summed E-state index contributed by atoms with van der Waals surface area (Å²) in [6.45, 7) is 5.83. The number of carbonyl (C=O) groups is 3. The van der Waals surface area contributed by atoms with E-state index in [1.54, 1.807) is 11.9 Å². The summed E-state index contributed by atoms with van der Waals surface area (Å²) >= 11 is 0. The number of hydrogen-bond acceptors (Lipinski definition) is 7. The number of ether oxygens (including phenoxy) is 4. The van der Waals surface area contributed by atoms with Crippen LogP contribution >= 0.6 is 0 Å². The lowest BCUT2D eigenvalue weighted by molar-refractivity contribution is -0.175. The number of esters is 2. The number of hydrogen-bond donors (Lipinski definition) is 0.